The summed E-state index contributed by atoms with van der Waals surface area (Å²) in [6, 6.07) is 0. The predicted molar refractivity (Wildman–Crippen MR) is 62.1 cm³/mol. The lowest BCUT2D eigenvalue weighted by molar-refractivity contribution is -0.149. The highest BCUT2D eigenvalue weighted by atomic mass is 16.5. The summed E-state index contributed by atoms with van der Waals surface area (Å²) >= 11 is 0. The van der Waals surface area contributed by atoms with Crippen molar-refractivity contribution >= 4 is 5.97 Å². The van der Waals surface area contributed by atoms with Crippen LogP contribution < -0.4 is 0 Å². The molecule has 94 valence electrons. The van der Waals surface area contributed by atoms with Gasteiger partial charge in [0.2, 0.25) is 0 Å². The van der Waals surface area contributed by atoms with Gasteiger partial charge in [-0.25, -0.2) is 0 Å². The van der Waals surface area contributed by atoms with E-state index in [1.165, 1.54) is 0 Å². The van der Waals surface area contributed by atoms with Gasteiger partial charge >= 0.3 is 5.97 Å². The molecule has 1 fully saturated rings. The van der Waals surface area contributed by atoms with Gasteiger partial charge in [-0.2, -0.15) is 0 Å². The molecule has 0 aromatic rings. The maximum Gasteiger partial charge on any atom is 0.310 e. The summed E-state index contributed by atoms with van der Waals surface area (Å²) in [5.74, 6) is 0.0113. The fourth-order valence-corrected chi connectivity index (χ4v) is 2.16. The van der Waals surface area contributed by atoms with E-state index in [9.17, 15) is 4.79 Å². The molecule has 0 bridgehead atoms. The van der Waals surface area contributed by atoms with Crippen LogP contribution in [-0.2, 0) is 9.53 Å². The number of esters is 1. The van der Waals surface area contributed by atoms with Crippen LogP contribution in [0.3, 0.4) is 0 Å². The lowest BCUT2D eigenvalue weighted by Gasteiger charge is -2.31. The molecule has 0 amide bonds. The quantitative estimate of drug-likeness (QED) is 0.546. The molecule has 16 heavy (non-hydrogen) atoms. The highest BCUT2D eigenvalue weighted by Gasteiger charge is 2.26. The first-order valence-corrected chi connectivity index (χ1v) is 6.27. The number of ether oxygens (including phenoxy) is 1. The summed E-state index contributed by atoms with van der Waals surface area (Å²) in [5.41, 5.74) is 0. The van der Waals surface area contributed by atoms with Crippen molar-refractivity contribution in [2.45, 2.75) is 32.6 Å². The third-order valence-electron chi connectivity index (χ3n) is 3.01. The summed E-state index contributed by atoms with van der Waals surface area (Å²) in [6.07, 6.45) is 3.88. The molecule has 0 saturated carbocycles. The normalized spacial score (nSPS) is 22.0. The SMILES string of the molecule is CCOC(=O)C1CCCN(CCCCO)C1. The number of hydrogen-bond acceptors (Lipinski definition) is 4. The molecule has 0 aliphatic carbocycles. The van der Waals surface area contributed by atoms with E-state index in [1.54, 1.807) is 0 Å². The van der Waals surface area contributed by atoms with Gasteiger partial charge in [0.25, 0.3) is 0 Å². The number of likely N-dealkylation sites (tertiary alicyclic amines) is 1. The Morgan fingerprint density at radius 3 is 3.00 bits per heavy atom. The van der Waals surface area contributed by atoms with Crippen LogP contribution in [0.2, 0.25) is 0 Å². The van der Waals surface area contributed by atoms with E-state index in [0.29, 0.717) is 6.61 Å². The van der Waals surface area contributed by atoms with E-state index >= 15 is 0 Å². The molecule has 1 aliphatic rings. The molecule has 0 spiro atoms. The minimum atomic E-state index is -0.0469. The van der Waals surface area contributed by atoms with Crippen molar-refractivity contribution in [1.29, 1.82) is 0 Å². The number of nitrogens with zero attached hydrogens (tertiary/aromatic N) is 1. The van der Waals surface area contributed by atoms with Gasteiger partial charge in [-0.3, -0.25) is 4.79 Å². The van der Waals surface area contributed by atoms with Gasteiger partial charge in [-0.05, 0) is 45.7 Å². The second-order valence-corrected chi connectivity index (χ2v) is 4.32. The number of rotatable bonds is 6. The molecular formula is C12H23NO3. The Labute approximate surface area is 97.6 Å². The van der Waals surface area contributed by atoms with E-state index in [4.69, 9.17) is 9.84 Å². The first-order chi connectivity index (χ1) is 7.77. The number of carbonyl (C=O) groups is 1. The number of carbonyl (C=O) groups excluding carboxylic acids is 1. The average Bonchev–Trinajstić information content (AvgIpc) is 2.30. The first-order valence-electron chi connectivity index (χ1n) is 6.27. The van der Waals surface area contributed by atoms with E-state index in [-0.39, 0.29) is 18.5 Å². The standard InChI is InChI=1S/C12H23NO3/c1-2-16-12(15)11-6-5-8-13(10-11)7-3-4-9-14/h11,14H,2-10H2,1H3. The van der Waals surface area contributed by atoms with Gasteiger partial charge in [0, 0.05) is 13.2 Å². The molecule has 1 aliphatic heterocycles. The molecule has 1 saturated heterocycles. The van der Waals surface area contributed by atoms with Crippen molar-refractivity contribution in [2.75, 3.05) is 32.8 Å². The lowest BCUT2D eigenvalue weighted by atomic mass is 9.98. The maximum atomic E-state index is 11.6. The minimum Gasteiger partial charge on any atom is -0.466 e. The number of aliphatic hydroxyl groups excluding tert-OH is 1. The smallest absolute Gasteiger partial charge is 0.310 e. The van der Waals surface area contributed by atoms with E-state index in [1.807, 2.05) is 6.92 Å². The third-order valence-corrected chi connectivity index (χ3v) is 3.01. The van der Waals surface area contributed by atoms with Gasteiger partial charge in [0.1, 0.15) is 0 Å². The molecular weight excluding hydrogens is 206 g/mol. The summed E-state index contributed by atoms with van der Waals surface area (Å²) in [6.45, 7) is 5.46. The number of piperidine rings is 1. The molecule has 0 aromatic carbocycles. The van der Waals surface area contributed by atoms with E-state index in [2.05, 4.69) is 4.90 Å². The monoisotopic (exact) mass is 229 g/mol. The Bertz CT molecular complexity index is 208. The highest BCUT2D eigenvalue weighted by Crippen LogP contribution is 2.18. The number of hydrogen-bond donors (Lipinski definition) is 1. The third kappa shape index (κ3) is 4.49. The van der Waals surface area contributed by atoms with Crippen molar-refractivity contribution in [3.8, 4) is 0 Å². The molecule has 4 nitrogen and oxygen atoms in total. The van der Waals surface area contributed by atoms with Crippen molar-refractivity contribution in [3.63, 3.8) is 0 Å². The average molecular weight is 229 g/mol. The van der Waals surface area contributed by atoms with Crippen LogP contribution in [0.25, 0.3) is 0 Å². The van der Waals surface area contributed by atoms with Crippen molar-refractivity contribution in [2.24, 2.45) is 5.92 Å². The molecule has 4 heteroatoms. The Morgan fingerprint density at radius 1 is 1.50 bits per heavy atom. The largest absolute Gasteiger partial charge is 0.466 e. The number of unbranched alkanes of at least 4 members (excludes halogenated alkanes) is 1. The van der Waals surface area contributed by atoms with Crippen LogP contribution in [-0.4, -0.2) is 48.8 Å². The molecule has 1 heterocycles. The predicted octanol–water partition coefficient (Wildman–Crippen LogP) is 1.03. The second-order valence-electron chi connectivity index (χ2n) is 4.32. The fourth-order valence-electron chi connectivity index (χ4n) is 2.16. The molecule has 1 N–H and O–H groups in total. The van der Waals surface area contributed by atoms with Crippen molar-refractivity contribution in [3.05, 3.63) is 0 Å². The zero-order chi connectivity index (χ0) is 11.8. The van der Waals surface area contributed by atoms with Crippen LogP contribution >= 0.6 is 0 Å². The van der Waals surface area contributed by atoms with Crippen molar-refractivity contribution in [1.82, 2.24) is 4.90 Å². The Kier molecular flexibility index (Phi) is 6.42. The van der Waals surface area contributed by atoms with E-state index < -0.39 is 0 Å². The molecule has 1 rings (SSSR count). The Balaban J connectivity index is 2.26. The second kappa shape index (κ2) is 7.63. The maximum absolute atomic E-state index is 11.6. The van der Waals surface area contributed by atoms with Gasteiger partial charge in [-0.1, -0.05) is 0 Å². The minimum absolute atomic E-state index is 0.0469. The van der Waals surface area contributed by atoms with Crippen molar-refractivity contribution < 1.29 is 14.6 Å². The Morgan fingerprint density at radius 2 is 2.31 bits per heavy atom. The van der Waals surface area contributed by atoms with Gasteiger partial charge in [0.05, 0.1) is 12.5 Å². The van der Waals surface area contributed by atoms with Gasteiger partial charge < -0.3 is 14.7 Å². The molecule has 1 unspecified atom stereocenters. The zero-order valence-corrected chi connectivity index (χ0v) is 10.2. The van der Waals surface area contributed by atoms with Crippen LogP contribution in [0.4, 0.5) is 0 Å². The van der Waals surface area contributed by atoms with Crippen LogP contribution in [0.5, 0.6) is 0 Å². The molecule has 1 atom stereocenters. The first kappa shape index (κ1) is 13.5. The summed E-state index contributed by atoms with van der Waals surface area (Å²) < 4.78 is 5.05. The van der Waals surface area contributed by atoms with Gasteiger partial charge in [-0.15, -0.1) is 0 Å². The van der Waals surface area contributed by atoms with Crippen LogP contribution in [0, 0.1) is 5.92 Å². The number of aliphatic hydroxyl groups is 1. The van der Waals surface area contributed by atoms with Gasteiger partial charge in [0.15, 0.2) is 0 Å². The molecule has 0 aromatic heterocycles. The zero-order valence-electron chi connectivity index (χ0n) is 10.2. The van der Waals surface area contributed by atoms with Crippen LogP contribution in [0.15, 0.2) is 0 Å². The fraction of sp³-hybridized carbons (Fsp3) is 0.917. The van der Waals surface area contributed by atoms with Crippen LogP contribution in [0.1, 0.15) is 32.6 Å². The Hall–Kier alpha value is -0.610. The summed E-state index contributed by atoms with van der Waals surface area (Å²) in [5, 5.41) is 8.71. The topological polar surface area (TPSA) is 49.8 Å². The van der Waals surface area contributed by atoms with E-state index in [0.717, 1.165) is 45.3 Å². The summed E-state index contributed by atoms with van der Waals surface area (Å²) in [4.78, 5) is 13.9. The lowest BCUT2D eigenvalue weighted by Crippen LogP contribution is -2.39. The molecule has 0 radical (unpaired) electrons. The summed E-state index contributed by atoms with van der Waals surface area (Å²) in [7, 11) is 0. The highest BCUT2D eigenvalue weighted by molar-refractivity contribution is 5.72.